The molecule has 0 spiro atoms. The van der Waals surface area contributed by atoms with Gasteiger partial charge in [-0.25, -0.2) is 4.39 Å². The summed E-state index contributed by atoms with van der Waals surface area (Å²) in [6, 6.07) is 5.73. The van der Waals surface area contributed by atoms with Gasteiger partial charge in [-0.15, -0.1) is 24.0 Å². The molecule has 0 aromatic heterocycles. The van der Waals surface area contributed by atoms with Crippen LogP contribution in [0.5, 0.6) is 0 Å². The Balaban J connectivity index is 0.00000338. The molecule has 0 saturated carbocycles. The Morgan fingerprint density at radius 2 is 1.96 bits per heavy atom. The van der Waals surface area contributed by atoms with E-state index in [-0.39, 0.29) is 29.8 Å². The van der Waals surface area contributed by atoms with Crippen LogP contribution in [0, 0.1) is 18.7 Å². The first-order valence-electron chi connectivity index (χ1n) is 9.02. The van der Waals surface area contributed by atoms with Crippen LogP contribution in [0.25, 0.3) is 0 Å². The molecule has 0 radical (unpaired) electrons. The van der Waals surface area contributed by atoms with Gasteiger partial charge in [0.05, 0.1) is 13.2 Å². The normalized spacial score (nSPS) is 16.9. The Morgan fingerprint density at radius 1 is 1.27 bits per heavy atom. The van der Waals surface area contributed by atoms with Crippen molar-refractivity contribution in [2.45, 2.75) is 33.4 Å². The number of benzene rings is 1. The number of aryl methyl sites for hydroxylation is 1. The van der Waals surface area contributed by atoms with Crippen LogP contribution < -0.4 is 10.6 Å². The van der Waals surface area contributed by atoms with E-state index in [1.54, 1.807) is 26.1 Å². The van der Waals surface area contributed by atoms with Gasteiger partial charge >= 0.3 is 0 Å². The molecular weight excluding hydrogens is 446 g/mol. The standard InChI is InChI=1S/C19H31FN4O.HI/c1-14(2)18(24-7-9-25-10-8-24)13-23-19(21-4)22-12-16-6-5-15(3)17(20)11-16;/h5-6,11,14,18H,7-10,12-13H2,1-4H3,(H2,21,22,23);1H. The lowest BCUT2D eigenvalue weighted by Gasteiger charge is -2.37. The number of guanidine groups is 1. The third-order valence-electron chi connectivity index (χ3n) is 4.68. The van der Waals surface area contributed by atoms with Gasteiger partial charge < -0.3 is 15.4 Å². The summed E-state index contributed by atoms with van der Waals surface area (Å²) >= 11 is 0. The van der Waals surface area contributed by atoms with Gasteiger partial charge in [-0.05, 0) is 30.0 Å². The molecular formula is C19H32FIN4O. The van der Waals surface area contributed by atoms with Crippen LogP contribution in [0.2, 0.25) is 0 Å². The zero-order chi connectivity index (χ0) is 18.2. The molecule has 1 saturated heterocycles. The second-order valence-corrected chi connectivity index (χ2v) is 6.85. The molecule has 0 aliphatic carbocycles. The molecule has 1 aliphatic heterocycles. The molecule has 1 aromatic carbocycles. The lowest BCUT2D eigenvalue weighted by atomic mass is 10.0. The summed E-state index contributed by atoms with van der Waals surface area (Å²) in [6.07, 6.45) is 0. The Bertz CT molecular complexity index is 577. The Morgan fingerprint density at radius 3 is 2.54 bits per heavy atom. The van der Waals surface area contributed by atoms with E-state index in [1.165, 1.54) is 0 Å². The maximum absolute atomic E-state index is 13.6. The Hall–Kier alpha value is -0.930. The highest BCUT2D eigenvalue weighted by molar-refractivity contribution is 14.0. The van der Waals surface area contributed by atoms with Crippen molar-refractivity contribution >= 4 is 29.9 Å². The van der Waals surface area contributed by atoms with Gasteiger partial charge in [-0.1, -0.05) is 26.0 Å². The number of hydrogen-bond donors (Lipinski definition) is 2. The summed E-state index contributed by atoms with van der Waals surface area (Å²) in [7, 11) is 1.75. The molecule has 1 aromatic rings. The number of ether oxygens (including phenoxy) is 1. The zero-order valence-corrected chi connectivity index (χ0v) is 18.5. The predicted molar refractivity (Wildman–Crippen MR) is 116 cm³/mol. The quantitative estimate of drug-likeness (QED) is 0.375. The maximum atomic E-state index is 13.6. The van der Waals surface area contributed by atoms with Crippen LogP contribution in [0.4, 0.5) is 4.39 Å². The van der Waals surface area contributed by atoms with E-state index in [0.717, 1.165) is 44.4 Å². The van der Waals surface area contributed by atoms with Crippen LogP contribution in [-0.2, 0) is 11.3 Å². The van der Waals surface area contributed by atoms with Gasteiger partial charge in [0.15, 0.2) is 5.96 Å². The maximum Gasteiger partial charge on any atom is 0.191 e. The number of rotatable bonds is 6. The van der Waals surface area contributed by atoms with E-state index >= 15 is 0 Å². The topological polar surface area (TPSA) is 48.9 Å². The second-order valence-electron chi connectivity index (χ2n) is 6.85. The molecule has 2 rings (SSSR count). The van der Waals surface area contributed by atoms with E-state index in [4.69, 9.17) is 4.74 Å². The highest BCUT2D eigenvalue weighted by Crippen LogP contribution is 2.12. The molecule has 2 N–H and O–H groups in total. The fourth-order valence-corrected chi connectivity index (χ4v) is 3.05. The van der Waals surface area contributed by atoms with Crippen molar-refractivity contribution in [3.05, 3.63) is 35.1 Å². The SMILES string of the molecule is CN=C(NCc1ccc(C)c(F)c1)NCC(C(C)C)N1CCOCC1.I. The zero-order valence-electron chi connectivity index (χ0n) is 16.2. The fourth-order valence-electron chi connectivity index (χ4n) is 3.05. The monoisotopic (exact) mass is 478 g/mol. The van der Waals surface area contributed by atoms with E-state index in [1.807, 2.05) is 6.07 Å². The minimum Gasteiger partial charge on any atom is -0.379 e. The molecule has 1 heterocycles. The van der Waals surface area contributed by atoms with Crippen molar-refractivity contribution in [3.8, 4) is 0 Å². The molecule has 1 atom stereocenters. The average Bonchev–Trinajstić information content (AvgIpc) is 2.61. The van der Waals surface area contributed by atoms with Gasteiger partial charge in [-0.2, -0.15) is 0 Å². The molecule has 0 bridgehead atoms. The fraction of sp³-hybridized carbons (Fsp3) is 0.632. The number of nitrogens with one attached hydrogen (secondary N) is 2. The molecule has 7 heteroatoms. The van der Waals surface area contributed by atoms with E-state index in [2.05, 4.69) is 34.4 Å². The first-order chi connectivity index (χ1) is 12.0. The number of morpholine rings is 1. The van der Waals surface area contributed by atoms with Crippen LogP contribution >= 0.6 is 24.0 Å². The molecule has 5 nitrogen and oxygen atoms in total. The molecule has 1 aliphatic rings. The number of nitrogens with zero attached hydrogens (tertiary/aromatic N) is 2. The molecule has 1 fully saturated rings. The van der Waals surface area contributed by atoms with Gasteiger partial charge in [0, 0.05) is 39.3 Å². The smallest absolute Gasteiger partial charge is 0.191 e. The minimum atomic E-state index is -0.172. The first-order valence-corrected chi connectivity index (χ1v) is 9.02. The van der Waals surface area contributed by atoms with Crippen molar-refractivity contribution in [1.29, 1.82) is 0 Å². The minimum absolute atomic E-state index is 0. The highest BCUT2D eigenvalue weighted by atomic mass is 127. The summed E-state index contributed by atoms with van der Waals surface area (Å²) in [5, 5.41) is 6.67. The van der Waals surface area contributed by atoms with Gasteiger partial charge in [-0.3, -0.25) is 9.89 Å². The lowest BCUT2D eigenvalue weighted by Crippen LogP contribution is -2.52. The van der Waals surface area contributed by atoms with E-state index in [9.17, 15) is 4.39 Å². The largest absolute Gasteiger partial charge is 0.379 e. The first kappa shape index (κ1) is 23.1. The molecule has 1 unspecified atom stereocenters. The van der Waals surface area contributed by atoms with Crippen LogP contribution in [0.3, 0.4) is 0 Å². The number of aliphatic imine (C=N–C) groups is 1. The summed E-state index contributed by atoms with van der Waals surface area (Å²) in [5.74, 6) is 1.10. The summed E-state index contributed by atoms with van der Waals surface area (Å²) < 4.78 is 19.1. The van der Waals surface area contributed by atoms with Crippen LogP contribution in [0.15, 0.2) is 23.2 Å². The third kappa shape index (κ3) is 7.00. The van der Waals surface area contributed by atoms with E-state index in [0.29, 0.717) is 24.1 Å². The second kappa shape index (κ2) is 11.7. The van der Waals surface area contributed by atoms with Crippen LogP contribution in [0.1, 0.15) is 25.0 Å². The Labute approximate surface area is 173 Å². The van der Waals surface area contributed by atoms with Crippen molar-refractivity contribution in [2.75, 3.05) is 39.9 Å². The summed E-state index contributed by atoms with van der Waals surface area (Å²) in [4.78, 5) is 6.75. The van der Waals surface area contributed by atoms with Crippen molar-refractivity contribution < 1.29 is 9.13 Å². The van der Waals surface area contributed by atoms with Gasteiger partial charge in [0.2, 0.25) is 0 Å². The molecule has 148 valence electrons. The Kier molecular flexibility index (Phi) is 10.4. The van der Waals surface area contributed by atoms with E-state index < -0.39 is 0 Å². The van der Waals surface area contributed by atoms with Crippen LogP contribution in [-0.4, -0.2) is 56.8 Å². The van der Waals surface area contributed by atoms with Crippen molar-refractivity contribution in [2.24, 2.45) is 10.9 Å². The number of hydrogen-bond acceptors (Lipinski definition) is 3. The van der Waals surface area contributed by atoms with Gasteiger partial charge in [0.25, 0.3) is 0 Å². The summed E-state index contributed by atoms with van der Waals surface area (Å²) in [5.41, 5.74) is 1.57. The van der Waals surface area contributed by atoms with Crippen molar-refractivity contribution in [1.82, 2.24) is 15.5 Å². The van der Waals surface area contributed by atoms with Crippen molar-refractivity contribution in [3.63, 3.8) is 0 Å². The molecule has 26 heavy (non-hydrogen) atoms. The van der Waals surface area contributed by atoms with Gasteiger partial charge in [0.1, 0.15) is 5.82 Å². The predicted octanol–water partition coefficient (Wildman–Crippen LogP) is 2.77. The third-order valence-corrected chi connectivity index (χ3v) is 4.68. The lowest BCUT2D eigenvalue weighted by molar-refractivity contribution is 0.00752. The number of halogens is 2. The molecule has 0 amide bonds. The average molecular weight is 478 g/mol. The summed E-state index contributed by atoms with van der Waals surface area (Å²) in [6.45, 7) is 11.2. The highest BCUT2D eigenvalue weighted by Gasteiger charge is 2.23.